The van der Waals surface area contributed by atoms with Crippen LogP contribution in [0.4, 0.5) is 4.79 Å². The monoisotopic (exact) mass is 242 g/mol. The molecular weight excluding hydrogens is 224 g/mol. The lowest BCUT2D eigenvalue weighted by molar-refractivity contribution is -0.141. The minimum atomic E-state index is -1.04. The highest BCUT2D eigenvalue weighted by Gasteiger charge is 2.42. The molecule has 0 spiro atoms. The highest BCUT2D eigenvalue weighted by molar-refractivity contribution is 5.83. The van der Waals surface area contributed by atoms with E-state index in [-0.39, 0.29) is 25.0 Å². The van der Waals surface area contributed by atoms with Crippen molar-refractivity contribution in [2.45, 2.75) is 44.4 Å². The van der Waals surface area contributed by atoms with E-state index in [0.29, 0.717) is 6.54 Å². The van der Waals surface area contributed by atoms with Crippen LogP contribution in [-0.4, -0.2) is 63.3 Å². The van der Waals surface area contributed by atoms with E-state index in [9.17, 15) is 14.7 Å². The van der Waals surface area contributed by atoms with Crippen LogP contribution >= 0.6 is 0 Å². The first kappa shape index (κ1) is 12.2. The molecule has 2 N–H and O–H groups in total. The third-order valence-electron chi connectivity index (χ3n) is 3.61. The molecular formula is C11H18N2O4. The van der Waals surface area contributed by atoms with Crippen molar-refractivity contribution < 1.29 is 19.8 Å². The number of carboxylic acids is 1. The molecule has 96 valence electrons. The Bertz CT molecular complexity index is 333. The van der Waals surface area contributed by atoms with Gasteiger partial charge >= 0.3 is 12.0 Å². The molecule has 2 saturated heterocycles. The van der Waals surface area contributed by atoms with E-state index in [2.05, 4.69) is 0 Å². The van der Waals surface area contributed by atoms with Crippen molar-refractivity contribution in [3.05, 3.63) is 0 Å². The number of hydrogen-bond acceptors (Lipinski definition) is 3. The minimum absolute atomic E-state index is 0.124. The predicted octanol–water partition coefficient (Wildman–Crippen LogP) is 0.110. The van der Waals surface area contributed by atoms with Crippen molar-refractivity contribution >= 4 is 12.0 Å². The van der Waals surface area contributed by atoms with Gasteiger partial charge in [0, 0.05) is 25.6 Å². The summed E-state index contributed by atoms with van der Waals surface area (Å²) in [5.74, 6) is -1.04. The molecule has 2 rings (SSSR count). The van der Waals surface area contributed by atoms with E-state index < -0.39 is 18.1 Å². The fraction of sp³-hybridized carbons (Fsp3) is 0.818. The van der Waals surface area contributed by atoms with Gasteiger partial charge in [-0.15, -0.1) is 0 Å². The first-order valence-corrected chi connectivity index (χ1v) is 5.99. The highest BCUT2D eigenvalue weighted by atomic mass is 16.4. The molecule has 1 unspecified atom stereocenters. The average Bonchev–Trinajstić information content (AvgIpc) is 2.83. The van der Waals surface area contributed by atoms with Gasteiger partial charge in [0.1, 0.15) is 6.04 Å². The summed E-state index contributed by atoms with van der Waals surface area (Å²) in [6.45, 7) is 2.77. The fourth-order valence-electron chi connectivity index (χ4n) is 2.64. The van der Waals surface area contributed by atoms with Gasteiger partial charge in [-0.3, -0.25) is 0 Å². The molecule has 6 nitrogen and oxygen atoms in total. The molecule has 2 amide bonds. The van der Waals surface area contributed by atoms with Gasteiger partial charge in [-0.1, -0.05) is 0 Å². The van der Waals surface area contributed by atoms with Crippen LogP contribution in [0.2, 0.25) is 0 Å². The number of aliphatic hydroxyl groups excluding tert-OH is 1. The number of likely N-dealkylation sites (tertiary alicyclic amines) is 2. The molecule has 3 atom stereocenters. The Morgan fingerprint density at radius 1 is 1.29 bits per heavy atom. The van der Waals surface area contributed by atoms with Gasteiger partial charge in [-0.05, 0) is 19.8 Å². The summed E-state index contributed by atoms with van der Waals surface area (Å²) in [7, 11) is 0. The third kappa shape index (κ3) is 2.22. The fourth-order valence-corrected chi connectivity index (χ4v) is 2.64. The van der Waals surface area contributed by atoms with Gasteiger partial charge in [0.05, 0.1) is 6.10 Å². The van der Waals surface area contributed by atoms with Crippen LogP contribution in [0.5, 0.6) is 0 Å². The number of nitrogens with zero attached hydrogens (tertiary/aromatic N) is 2. The Balaban J connectivity index is 2.10. The Morgan fingerprint density at radius 2 is 2.00 bits per heavy atom. The number of aliphatic carboxylic acids is 1. The van der Waals surface area contributed by atoms with Crippen molar-refractivity contribution in [3.8, 4) is 0 Å². The molecule has 0 radical (unpaired) electrons. The van der Waals surface area contributed by atoms with Crippen LogP contribution in [-0.2, 0) is 4.79 Å². The quantitative estimate of drug-likeness (QED) is 0.684. The van der Waals surface area contributed by atoms with Crippen LogP contribution in [0.15, 0.2) is 0 Å². The molecule has 0 aromatic carbocycles. The SMILES string of the molecule is CC1CCCN1C(=O)N1C[C@H](O)C[C@@H]1C(=O)O. The second-order valence-electron chi connectivity index (χ2n) is 4.86. The molecule has 0 aromatic heterocycles. The zero-order chi connectivity index (χ0) is 12.6. The second-order valence-corrected chi connectivity index (χ2v) is 4.86. The first-order chi connectivity index (χ1) is 8.00. The van der Waals surface area contributed by atoms with Crippen molar-refractivity contribution in [2.75, 3.05) is 13.1 Å². The number of urea groups is 1. The molecule has 0 saturated carbocycles. The van der Waals surface area contributed by atoms with E-state index in [0.717, 1.165) is 12.8 Å². The number of β-amino-alcohol motifs (C(OH)–C–C–N with tert-alkyl or cyclic N) is 1. The average molecular weight is 242 g/mol. The zero-order valence-electron chi connectivity index (χ0n) is 9.87. The van der Waals surface area contributed by atoms with Gasteiger partial charge in [0.25, 0.3) is 0 Å². The Morgan fingerprint density at radius 3 is 2.53 bits per heavy atom. The molecule has 2 aliphatic rings. The summed E-state index contributed by atoms with van der Waals surface area (Å²) in [4.78, 5) is 26.2. The lowest BCUT2D eigenvalue weighted by atomic mass is 10.2. The number of aliphatic hydroxyl groups is 1. The smallest absolute Gasteiger partial charge is 0.326 e. The van der Waals surface area contributed by atoms with Crippen LogP contribution < -0.4 is 0 Å². The molecule has 6 heteroatoms. The predicted molar refractivity (Wildman–Crippen MR) is 59.6 cm³/mol. The summed E-state index contributed by atoms with van der Waals surface area (Å²) < 4.78 is 0. The molecule has 0 aliphatic carbocycles. The Hall–Kier alpha value is -1.30. The number of rotatable bonds is 1. The largest absolute Gasteiger partial charge is 0.480 e. The maximum absolute atomic E-state index is 12.2. The zero-order valence-corrected chi connectivity index (χ0v) is 9.87. The van der Waals surface area contributed by atoms with Crippen molar-refractivity contribution in [1.82, 2.24) is 9.80 Å². The van der Waals surface area contributed by atoms with E-state index >= 15 is 0 Å². The molecule has 17 heavy (non-hydrogen) atoms. The third-order valence-corrected chi connectivity index (χ3v) is 3.61. The van der Waals surface area contributed by atoms with Gasteiger partial charge in [0.15, 0.2) is 0 Å². The number of hydrogen-bond donors (Lipinski definition) is 2. The van der Waals surface area contributed by atoms with Crippen LogP contribution in [0.25, 0.3) is 0 Å². The number of carbonyl (C=O) groups is 2. The summed E-state index contributed by atoms with van der Waals surface area (Å²) in [5, 5.41) is 18.5. The standard InChI is InChI=1S/C11H18N2O4/c1-7-3-2-4-12(7)11(17)13-6-8(14)5-9(13)10(15)16/h7-9,14H,2-6H2,1H3,(H,15,16)/t7?,8-,9-/m1/s1. The van der Waals surface area contributed by atoms with Gasteiger partial charge in [-0.2, -0.15) is 0 Å². The molecule has 0 bridgehead atoms. The van der Waals surface area contributed by atoms with E-state index in [1.807, 2.05) is 6.92 Å². The minimum Gasteiger partial charge on any atom is -0.480 e. The van der Waals surface area contributed by atoms with Crippen molar-refractivity contribution in [2.24, 2.45) is 0 Å². The lowest BCUT2D eigenvalue weighted by Crippen LogP contribution is -2.49. The van der Waals surface area contributed by atoms with E-state index in [1.54, 1.807) is 4.90 Å². The number of carbonyl (C=O) groups excluding carboxylic acids is 1. The van der Waals surface area contributed by atoms with Crippen molar-refractivity contribution in [3.63, 3.8) is 0 Å². The molecule has 2 aliphatic heterocycles. The summed E-state index contributed by atoms with van der Waals surface area (Å²) in [5.41, 5.74) is 0. The van der Waals surface area contributed by atoms with Gasteiger partial charge < -0.3 is 20.0 Å². The second kappa shape index (κ2) is 4.52. The summed E-state index contributed by atoms with van der Waals surface area (Å²) >= 11 is 0. The summed E-state index contributed by atoms with van der Waals surface area (Å²) in [6, 6.07) is -0.973. The van der Waals surface area contributed by atoms with E-state index in [4.69, 9.17) is 5.11 Å². The number of amides is 2. The van der Waals surface area contributed by atoms with Crippen LogP contribution in [0.3, 0.4) is 0 Å². The first-order valence-electron chi connectivity index (χ1n) is 5.99. The van der Waals surface area contributed by atoms with Crippen LogP contribution in [0, 0.1) is 0 Å². The number of carboxylic acid groups (broad SMARTS) is 1. The Kier molecular flexibility index (Phi) is 3.24. The van der Waals surface area contributed by atoms with Crippen LogP contribution in [0.1, 0.15) is 26.2 Å². The molecule has 0 aromatic rings. The molecule has 2 fully saturated rings. The Labute approximate surface area is 99.8 Å². The lowest BCUT2D eigenvalue weighted by Gasteiger charge is -2.29. The van der Waals surface area contributed by atoms with E-state index in [1.165, 1.54) is 4.90 Å². The van der Waals surface area contributed by atoms with Crippen molar-refractivity contribution in [1.29, 1.82) is 0 Å². The highest BCUT2D eigenvalue weighted by Crippen LogP contribution is 2.24. The molecule has 2 heterocycles. The van der Waals surface area contributed by atoms with Gasteiger partial charge in [-0.25, -0.2) is 9.59 Å². The maximum atomic E-state index is 12.2. The van der Waals surface area contributed by atoms with Gasteiger partial charge in [0.2, 0.25) is 0 Å². The maximum Gasteiger partial charge on any atom is 0.326 e. The summed E-state index contributed by atoms with van der Waals surface area (Å²) in [6.07, 6.45) is 1.32. The topological polar surface area (TPSA) is 81.1 Å². The normalized spacial score (nSPS) is 33.2.